The van der Waals surface area contributed by atoms with Crippen LogP contribution in [-0.4, -0.2) is 10.8 Å². The summed E-state index contributed by atoms with van der Waals surface area (Å²) in [5.74, 6) is 0.0566. The van der Waals surface area contributed by atoms with E-state index in [-0.39, 0.29) is 5.78 Å². The van der Waals surface area contributed by atoms with Crippen molar-refractivity contribution in [1.82, 2.24) is 4.98 Å². The number of pyridine rings is 1. The summed E-state index contributed by atoms with van der Waals surface area (Å²) in [5, 5.41) is 0.903. The summed E-state index contributed by atoms with van der Waals surface area (Å²) >= 11 is 0. The normalized spacial score (nSPS) is 10.7. The lowest BCUT2D eigenvalue weighted by molar-refractivity contribution is 0.103. The number of rotatable bonds is 2. The van der Waals surface area contributed by atoms with Crippen LogP contribution in [0.3, 0.4) is 0 Å². The molecule has 0 fully saturated rings. The van der Waals surface area contributed by atoms with Crippen molar-refractivity contribution in [2.45, 2.75) is 13.8 Å². The van der Waals surface area contributed by atoms with Gasteiger partial charge in [0.15, 0.2) is 5.78 Å². The summed E-state index contributed by atoms with van der Waals surface area (Å²) in [6.07, 6.45) is 1.74. The molecule has 0 atom stereocenters. The highest BCUT2D eigenvalue weighted by Gasteiger charge is 2.14. The lowest BCUT2D eigenvalue weighted by Crippen LogP contribution is -2.05. The molecule has 0 aliphatic heterocycles. The zero-order valence-electron chi connectivity index (χ0n) is 11.6. The third-order valence-electron chi connectivity index (χ3n) is 3.52. The molecule has 0 radical (unpaired) electrons. The van der Waals surface area contributed by atoms with Crippen molar-refractivity contribution in [1.29, 1.82) is 0 Å². The number of benzene rings is 2. The molecule has 2 heteroatoms. The van der Waals surface area contributed by atoms with E-state index in [0.717, 1.165) is 22.0 Å². The number of fused-ring (bicyclic) bond motifs is 1. The molecule has 3 aromatic rings. The van der Waals surface area contributed by atoms with Gasteiger partial charge < -0.3 is 0 Å². The van der Waals surface area contributed by atoms with Crippen LogP contribution in [0.5, 0.6) is 0 Å². The molecular formula is C18H15NO. The van der Waals surface area contributed by atoms with Crippen LogP contribution in [0.25, 0.3) is 10.9 Å². The van der Waals surface area contributed by atoms with E-state index in [1.807, 2.05) is 62.4 Å². The standard InChI is InChI=1S/C18H15NO/c1-12-8-9-14(13(2)11-12)18(20)16-5-3-7-17-15(16)6-4-10-19-17/h3-11H,1-2H3. The molecule has 0 saturated heterocycles. The number of aryl methyl sites for hydroxylation is 2. The van der Waals surface area contributed by atoms with Gasteiger partial charge in [0.05, 0.1) is 5.52 Å². The Bertz CT molecular complexity index is 800. The van der Waals surface area contributed by atoms with Crippen molar-refractivity contribution in [3.63, 3.8) is 0 Å². The molecule has 0 unspecified atom stereocenters. The van der Waals surface area contributed by atoms with Crippen LogP contribution in [0, 0.1) is 13.8 Å². The van der Waals surface area contributed by atoms with Crippen LogP contribution in [0.15, 0.2) is 54.7 Å². The highest BCUT2D eigenvalue weighted by Crippen LogP contribution is 2.22. The number of hydrogen-bond donors (Lipinski definition) is 0. The number of carbonyl (C=O) groups is 1. The summed E-state index contributed by atoms with van der Waals surface area (Å²) in [6.45, 7) is 4.01. The molecule has 20 heavy (non-hydrogen) atoms. The van der Waals surface area contributed by atoms with Crippen LogP contribution >= 0.6 is 0 Å². The van der Waals surface area contributed by atoms with Gasteiger partial charge in [0.2, 0.25) is 0 Å². The number of carbonyl (C=O) groups excluding carboxylic acids is 1. The van der Waals surface area contributed by atoms with Gasteiger partial charge in [-0.2, -0.15) is 0 Å². The first-order valence-corrected chi connectivity index (χ1v) is 6.62. The zero-order valence-corrected chi connectivity index (χ0v) is 11.6. The fourth-order valence-electron chi connectivity index (χ4n) is 2.51. The van der Waals surface area contributed by atoms with Gasteiger partial charge in [0.25, 0.3) is 0 Å². The zero-order chi connectivity index (χ0) is 14.1. The average Bonchev–Trinajstić information content (AvgIpc) is 2.46. The van der Waals surface area contributed by atoms with E-state index in [4.69, 9.17) is 0 Å². The Kier molecular flexibility index (Phi) is 3.07. The number of hydrogen-bond acceptors (Lipinski definition) is 2. The molecule has 0 amide bonds. The third-order valence-corrected chi connectivity index (χ3v) is 3.52. The van der Waals surface area contributed by atoms with Gasteiger partial charge in [-0.25, -0.2) is 0 Å². The monoisotopic (exact) mass is 261 g/mol. The first-order chi connectivity index (χ1) is 9.66. The van der Waals surface area contributed by atoms with E-state index >= 15 is 0 Å². The lowest BCUT2D eigenvalue weighted by Gasteiger charge is -2.08. The Morgan fingerprint density at radius 1 is 0.950 bits per heavy atom. The van der Waals surface area contributed by atoms with Crippen LogP contribution < -0.4 is 0 Å². The second-order valence-electron chi connectivity index (χ2n) is 5.02. The number of ketones is 1. The van der Waals surface area contributed by atoms with Crippen LogP contribution in [0.4, 0.5) is 0 Å². The molecule has 0 aliphatic carbocycles. The molecule has 0 spiro atoms. The van der Waals surface area contributed by atoms with Crippen molar-refractivity contribution in [3.8, 4) is 0 Å². The quantitative estimate of drug-likeness (QED) is 0.650. The summed E-state index contributed by atoms with van der Waals surface area (Å²) in [5.41, 5.74) is 4.49. The fourth-order valence-corrected chi connectivity index (χ4v) is 2.51. The predicted octanol–water partition coefficient (Wildman–Crippen LogP) is 4.08. The molecule has 0 saturated carbocycles. The predicted molar refractivity (Wildman–Crippen MR) is 81.1 cm³/mol. The van der Waals surface area contributed by atoms with Crippen molar-refractivity contribution in [3.05, 3.63) is 77.0 Å². The van der Waals surface area contributed by atoms with Crippen LogP contribution in [0.1, 0.15) is 27.0 Å². The molecule has 1 heterocycles. The number of nitrogens with zero attached hydrogens (tertiary/aromatic N) is 1. The minimum Gasteiger partial charge on any atom is -0.289 e. The summed E-state index contributed by atoms with van der Waals surface area (Å²) < 4.78 is 0. The summed E-state index contributed by atoms with van der Waals surface area (Å²) in [4.78, 5) is 17.1. The van der Waals surface area contributed by atoms with Gasteiger partial charge in [0, 0.05) is 22.7 Å². The Hall–Kier alpha value is -2.48. The van der Waals surface area contributed by atoms with Gasteiger partial charge in [-0.05, 0) is 31.5 Å². The second-order valence-corrected chi connectivity index (χ2v) is 5.02. The smallest absolute Gasteiger partial charge is 0.193 e. The number of aromatic nitrogens is 1. The van der Waals surface area contributed by atoms with E-state index in [0.29, 0.717) is 5.56 Å². The molecule has 3 rings (SSSR count). The molecule has 98 valence electrons. The van der Waals surface area contributed by atoms with E-state index in [9.17, 15) is 4.79 Å². The van der Waals surface area contributed by atoms with Gasteiger partial charge in [-0.1, -0.05) is 42.0 Å². The molecular weight excluding hydrogens is 246 g/mol. The molecule has 1 aromatic heterocycles. The van der Waals surface area contributed by atoms with Gasteiger partial charge in [-0.15, -0.1) is 0 Å². The lowest BCUT2D eigenvalue weighted by atomic mass is 9.95. The van der Waals surface area contributed by atoms with Gasteiger partial charge in [0.1, 0.15) is 0 Å². The van der Waals surface area contributed by atoms with Crippen molar-refractivity contribution >= 4 is 16.7 Å². The maximum absolute atomic E-state index is 12.8. The Labute approximate surface area is 118 Å². The van der Waals surface area contributed by atoms with Crippen molar-refractivity contribution in [2.24, 2.45) is 0 Å². The average molecular weight is 261 g/mol. The largest absolute Gasteiger partial charge is 0.289 e. The van der Waals surface area contributed by atoms with Crippen LogP contribution in [-0.2, 0) is 0 Å². The molecule has 2 nitrogen and oxygen atoms in total. The Morgan fingerprint density at radius 2 is 1.80 bits per heavy atom. The summed E-state index contributed by atoms with van der Waals surface area (Å²) in [6, 6.07) is 15.4. The van der Waals surface area contributed by atoms with E-state index in [1.165, 1.54) is 5.56 Å². The maximum atomic E-state index is 12.8. The highest BCUT2D eigenvalue weighted by molar-refractivity contribution is 6.16. The first-order valence-electron chi connectivity index (χ1n) is 6.62. The fraction of sp³-hybridized carbons (Fsp3) is 0.111. The van der Waals surface area contributed by atoms with E-state index in [1.54, 1.807) is 6.20 Å². The Balaban J connectivity index is 2.18. The molecule has 0 N–H and O–H groups in total. The third kappa shape index (κ3) is 2.10. The minimum atomic E-state index is 0.0566. The molecule has 0 aliphatic rings. The SMILES string of the molecule is Cc1ccc(C(=O)c2cccc3ncccc23)c(C)c1. The topological polar surface area (TPSA) is 30.0 Å². The van der Waals surface area contributed by atoms with Crippen LogP contribution in [0.2, 0.25) is 0 Å². The summed E-state index contributed by atoms with van der Waals surface area (Å²) in [7, 11) is 0. The Morgan fingerprint density at radius 3 is 2.60 bits per heavy atom. The maximum Gasteiger partial charge on any atom is 0.193 e. The van der Waals surface area contributed by atoms with Crippen molar-refractivity contribution < 1.29 is 4.79 Å². The van der Waals surface area contributed by atoms with Gasteiger partial charge in [-0.3, -0.25) is 9.78 Å². The minimum absolute atomic E-state index is 0.0566. The van der Waals surface area contributed by atoms with Gasteiger partial charge >= 0.3 is 0 Å². The molecule has 0 bridgehead atoms. The van der Waals surface area contributed by atoms with Crippen molar-refractivity contribution in [2.75, 3.05) is 0 Å². The highest BCUT2D eigenvalue weighted by atomic mass is 16.1. The molecule has 2 aromatic carbocycles. The first kappa shape index (κ1) is 12.5. The van der Waals surface area contributed by atoms with E-state index in [2.05, 4.69) is 4.98 Å². The van der Waals surface area contributed by atoms with E-state index < -0.39 is 0 Å². The second kappa shape index (κ2) is 4.89.